The molecule has 0 saturated carbocycles. The molecule has 2 aromatic heterocycles. The van der Waals surface area contributed by atoms with Crippen LogP contribution in [-0.2, 0) is 13.1 Å². The van der Waals surface area contributed by atoms with Crippen LogP contribution in [0.5, 0.6) is 0 Å². The minimum absolute atomic E-state index is 0.755. The Morgan fingerprint density at radius 3 is 2.74 bits per heavy atom. The molecule has 5 heteroatoms. The number of nitrogen functional groups attached to an aromatic ring is 1. The van der Waals surface area contributed by atoms with Gasteiger partial charge in [-0.2, -0.15) is 0 Å². The topological polar surface area (TPSA) is 67.1 Å². The summed E-state index contributed by atoms with van der Waals surface area (Å²) in [5.41, 5.74) is 6.58. The lowest BCUT2D eigenvalue weighted by molar-refractivity contribution is 0.311. The van der Waals surface area contributed by atoms with Crippen LogP contribution in [0.4, 0.5) is 5.69 Å². The molecule has 0 aliphatic carbocycles. The molecule has 0 aliphatic rings. The molecular formula is C14H19N5. The summed E-state index contributed by atoms with van der Waals surface area (Å²) in [5.74, 6) is 5.39. The molecule has 0 radical (unpaired) electrons. The summed E-state index contributed by atoms with van der Waals surface area (Å²) in [5, 5.41) is 0. The van der Waals surface area contributed by atoms with Gasteiger partial charge in [0.05, 0.1) is 17.1 Å². The second-order valence-electron chi connectivity index (χ2n) is 4.62. The first-order valence-corrected chi connectivity index (χ1v) is 6.20. The number of aromatic nitrogens is 2. The molecule has 0 aliphatic heterocycles. The van der Waals surface area contributed by atoms with Crippen LogP contribution in [0.25, 0.3) is 0 Å². The predicted octanol–water partition coefficient (Wildman–Crippen LogP) is 1.70. The third kappa shape index (κ3) is 4.01. The van der Waals surface area contributed by atoms with Crippen LogP contribution in [0, 0.1) is 6.92 Å². The molecule has 5 nitrogen and oxygen atoms in total. The number of nitrogens with zero attached hydrogens (tertiary/aromatic N) is 3. The van der Waals surface area contributed by atoms with E-state index in [9.17, 15) is 0 Å². The molecule has 0 saturated heterocycles. The fourth-order valence-electron chi connectivity index (χ4n) is 1.95. The Bertz CT molecular complexity index is 541. The number of anilines is 1. The second-order valence-corrected chi connectivity index (χ2v) is 4.62. The summed E-state index contributed by atoms with van der Waals surface area (Å²) in [6.45, 7) is 3.55. The van der Waals surface area contributed by atoms with E-state index in [0.29, 0.717) is 0 Å². The van der Waals surface area contributed by atoms with Crippen LogP contribution in [0.2, 0.25) is 0 Å². The number of aryl methyl sites for hydroxylation is 1. The molecule has 0 aromatic carbocycles. The van der Waals surface area contributed by atoms with Gasteiger partial charge in [-0.15, -0.1) is 0 Å². The summed E-state index contributed by atoms with van der Waals surface area (Å²) < 4.78 is 0. The first kappa shape index (κ1) is 13.5. The third-order valence-corrected chi connectivity index (χ3v) is 2.79. The molecule has 100 valence electrons. The number of rotatable bonds is 5. The highest BCUT2D eigenvalue weighted by Crippen LogP contribution is 2.09. The standard InChI is InChI=1S/C14H19N5/c1-11-4-3-5-13(17-11)9-19(2)10-14-8-12(18-15)6-7-16-14/h3-8H,9-10,15H2,1-2H3,(H,16,18). The first-order valence-electron chi connectivity index (χ1n) is 6.20. The summed E-state index contributed by atoms with van der Waals surface area (Å²) in [4.78, 5) is 11.0. The van der Waals surface area contributed by atoms with Crippen LogP contribution in [-0.4, -0.2) is 21.9 Å². The number of hydrazine groups is 1. The Kier molecular flexibility index (Phi) is 4.43. The first-order chi connectivity index (χ1) is 9.17. The van der Waals surface area contributed by atoms with Gasteiger partial charge in [0.15, 0.2) is 0 Å². The van der Waals surface area contributed by atoms with Crippen LogP contribution < -0.4 is 11.3 Å². The highest BCUT2D eigenvalue weighted by molar-refractivity contribution is 5.41. The van der Waals surface area contributed by atoms with Gasteiger partial charge in [0, 0.05) is 25.0 Å². The van der Waals surface area contributed by atoms with Crippen molar-refractivity contribution in [2.75, 3.05) is 12.5 Å². The smallest absolute Gasteiger partial charge is 0.0564 e. The molecular weight excluding hydrogens is 238 g/mol. The van der Waals surface area contributed by atoms with Gasteiger partial charge in [0.1, 0.15) is 0 Å². The molecule has 2 heterocycles. The number of nitrogens with one attached hydrogen (secondary N) is 1. The van der Waals surface area contributed by atoms with E-state index in [1.807, 2.05) is 44.3 Å². The van der Waals surface area contributed by atoms with Gasteiger partial charge in [-0.3, -0.25) is 20.7 Å². The maximum Gasteiger partial charge on any atom is 0.0564 e. The summed E-state index contributed by atoms with van der Waals surface area (Å²) >= 11 is 0. The van der Waals surface area contributed by atoms with Crippen molar-refractivity contribution in [1.82, 2.24) is 14.9 Å². The van der Waals surface area contributed by atoms with Crippen LogP contribution in [0.3, 0.4) is 0 Å². The molecule has 19 heavy (non-hydrogen) atoms. The van der Waals surface area contributed by atoms with Crippen molar-refractivity contribution in [1.29, 1.82) is 0 Å². The van der Waals surface area contributed by atoms with E-state index in [-0.39, 0.29) is 0 Å². The average Bonchev–Trinajstić information content (AvgIpc) is 2.38. The Morgan fingerprint density at radius 1 is 1.21 bits per heavy atom. The van der Waals surface area contributed by atoms with Crippen molar-refractivity contribution in [3.8, 4) is 0 Å². The van der Waals surface area contributed by atoms with E-state index in [0.717, 1.165) is 35.9 Å². The maximum absolute atomic E-state index is 5.39. The Balaban J connectivity index is 1.98. The summed E-state index contributed by atoms with van der Waals surface area (Å²) in [6, 6.07) is 9.85. The lowest BCUT2D eigenvalue weighted by Crippen LogP contribution is -2.19. The normalized spacial score (nSPS) is 10.7. The number of hydrogen-bond acceptors (Lipinski definition) is 5. The lowest BCUT2D eigenvalue weighted by atomic mass is 10.2. The zero-order chi connectivity index (χ0) is 13.7. The Labute approximate surface area is 113 Å². The summed E-state index contributed by atoms with van der Waals surface area (Å²) in [7, 11) is 2.05. The van der Waals surface area contributed by atoms with Crippen LogP contribution in [0.15, 0.2) is 36.5 Å². The third-order valence-electron chi connectivity index (χ3n) is 2.79. The molecule has 0 spiro atoms. The Hall–Kier alpha value is -1.98. The fraction of sp³-hybridized carbons (Fsp3) is 0.286. The monoisotopic (exact) mass is 257 g/mol. The van der Waals surface area contributed by atoms with Crippen molar-refractivity contribution < 1.29 is 0 Å². The van der Waals surface area contributed by atoms with Gasteiger partial charge in [0.25, 0.3) is 0 Å². The minimum atomic E-state index is 0.755. The molecule has 3 N–H and O–H groups in total. The van der Waals surface area contributed by atoms with E-state index < -0.39 is 0 Å². The van der Waals surface area contributed by atoms with E-state index in [1.165, 1.54) is 0 Å². The molecule has 0 amide bonds. The molecule has 0 unspecified atom stereocenters. The quantitative estimate of drug-likeness (QED) is 0.630. The van der Waals surface area contributed by atoms with E-state index >= 15 is 0 Å². The van der Waals surface area contributed by atoms with Gasteiger partial charge < -0.3 is 5.43 Å². The van der Waals surface area contributed by atoms with Crippen molar-refractivity contribution >= 4 is 5.69 Å². The predicted molar refractivity (Wildman–Crippen MR) is 76.2 cm³/mol. The largest absolute Gasteiger partial charge is 0.324 e. The molecule has 0 atom stereocenters. The second kappa shape index (κ2) is 6.26. The van der Waals surface area contributed by atoms with Crippen molar-refractivity contribution in [2.45, 2.75) is 20.0 Å². The van der Waals surface area contributed by atoms with Crippen molar-refractivity contribution in [2.24, 2.45) is 5.84 Å². The maximum atomic E-state index is 5.39. The van der Waals surface area contributed by atoms with Crippen LogP contribution >= 0.6 is 0 Å². The molecule has 2 rings (SSSR count). The number of pyridine rings is 2. The van der Waals surface area contributed by atoms with E-state index in [1.54, 1.807) is 6.20 Å². The highest BCUT2D eigenvalue weighted by atomic mass is 15.2. The van der Waals surface area contributed by atoms with Crippen molar-refractivity contribution in [3.63, 3.8) is 0 Å². The van der Waals surface area contributed by atoms with Gasteiger partial charge in [0.2, 0.25) is 0 Å². The average molecular weight is 257 g/mol. The lowest BCUT2D eigenvalue weighted by Gasteiger charge is -2.16. The van der Waals surface area contributed by atoms with Gasteiger partial charge in [-0.25, -0.2) is 0 Å². The zero-order valence-electron chi connectivity index (χ0n) is 11.3. The van der Waals surface area contributed by atoms with Gasteiger partial charge in [-0.1, -0.05) is 6.07 Å². The van der Waals surface area contributed by atoms with Gasteiger partial charge in [-0.05, 0) is 38.2 Å². The molecule has 0 bridgehead atoms. The Morgan fingerprint density at radius 2 is 2.00 bits per heavy atom. The van der Waals surface area contributed by atoms with Gasteiger partial charge >= 0.3 is 0 Å². The molecule has 2 aromatic rings. The fourth-order valence-corrected chi connectivity index (χ4v) is 1.95. The van der Waals surface area contributed by atoms with Crippen LogP contribution in [0.1, 0.15) is 17.1 Å². The number of hydrogen-bond donors (Lipinski definition) is 2. The number of nitrogens with two attached hydrogens (primary N) is 1. The zero-order valence-corrected chi connectivity index (χ0v) is 11.3. The van der Waals surface area contributed by atoms with E-state index in [4.69, 9.17) is 5.84 Å². The highest BCUT2D eigenvalue weighted by Gasteiger charge is 2.04. The SMILES string of the molecule is Cc1cccc(CN(C)Cc2cc(NN)ccn2)n1. The van der Waals surface area contributed by atoms with E-state index in [2.05, 4.69) is 20.3 Å². The molecule has 0 fully saturated rings. The van der Waals surface area contributed by atoms with Crippen molar-refractivity contribution in [3.05, 3.63) is 53.6 Å². The minimum Gasteiger partial charge on any atom is -0.324 e. The summed E-state index contributed by atoms with van der Waals surface area (Å²) in [6.07, 6.45) is 1.75.